The summed E-state index contributed by atoms with van der Waals surface area (Å²) in [6, 6.07) is 17.6. The van der Waals surface area contributed by atoms with Gasteiger partial charge in [0.25, 0.3) is 5.91 Å². The number of amides is 2. The van der Waals surface area contributed by atoms with Gasteiger partial charge in [0.1, 0.15) is 5.75 Å². The maximum atomic E-state index is 12.5. The van der Waals surface area contributed by atoms with Crippen LogP contribution in [-0.2, 0) is 14.6 Å². The van der Waals surface area contributed by atoms with Crippen molar-refractivity contribution in [3.63, 3.8) is 0 Å². The normalized spacial score (nSPS) is 11.2. The summed E-state index contributed by atoms with van der Waals surface area (Å²) >= 11 is 6.26. The maximum absolute atomic E-state index is 12.5. The number of nitrogens with one attached hydrogen (secondary N) is 2. The highest BCUT2D eigenvalue weighted by Gasteiger charge is 2.13. The van der Waals surface area contributed by atoms with Crippen LogP contribution in [0.5, 0.6) is 5.75 Å². The monoisotopic (exact) mass is 484 g/mol. The third-order valence-corrected chi connectivity index (χ3v) is 5.99. The van der Waals surface area contributed by atoms with E-state index in [0.717, 1.165) is 11.8 Å². The maximum Gasteiger partial charge on any atom is 0.255 e. The lowest BCUT2D eigenvalue weighted by atomic mass is 10.2. The highest BCUT2D eigenvalue weighted by Crippen LogP contribution is 2.26. The van der Waals surface area contributed by atoms with Gasteiger partial charge in [-0.25, -0.2) is 8.42 Å². The van der Waals surface area contributed by atoms with Gasteiger partial charge in [0.15, 0.2) is 9.84 Å². The first-order valence-corrected chi connectivity index (χ1v) is 12.0. The summed E-state index contributed by atoms with van der Waals surface area (Å²) < 4.78 is 28.7. The minimum atomic E-state index is -3.44. The van der Waals surface area contributed by atoms with E-state index in [1.54, 1.807) is 31.4 Å². The number of methoxy groups -OCH3 is 1. The third kappa shape index (κ3) is 6.44. The Bertz CT molecular complexity index is 1340. The number of halogens is 1. The van der Waals surface area contributed by atoms with E-state index in [2.05, 4.69) is 10.6 Å². The van der Waals surface area contributed by atoms with Gasteiger partial charge >= 0.3 is 0 Å². The molecule has 0 atom stereocenters. The molecule has 0 spiro atoms. The Kier molecular flexibility index (Phi) is 7.52. The summed E-state index contributed by atoms with van der Waals surface area (Å²) in [6.45, 7) is 0. The van der Waals surface area contributed by atoms with Crippen LogP contribution in [0.1, 0.15) is 15.9 Å². The fourth-order valence-electron chi connectivity index (χ4n) is 2.91. The quantitative estimate of drug-likeness (QED) is 0.475. The fraction of sp³-hybridized carbons (Fsp3) is 0.0833. The predicted molar refractivity (Wildman–Crippen MR) is 130 cm³/mol. The summed E-state index contributed by atoms with van der Waals surface area (Å²) in [5.41, 5.74) is 1.68. The molecular formula is C24H21ClN2O5S. The summed E-state index contributed by atoms with van der Waals surface area (Å²) in [7, 11) is -1.89. The van der Waals surface area contributed by atoms with Crippen molar-refractivity contribution in [3.05, 3.63) is 89.0 Å². The molecule has 9 heteroatoms. The largest absolute Gasteiger partial charge is 0.496 e. The number of rotatable bonds is 7. The number of carbonyl (C=O) groups is 2. The number of sulfone groups is 1. The molecule has 0 radical (unpaired) electrons. The average Bonchev–Trinajstić information content (AvgIpc) is 2.79. The standard InChI is InChI=1S/C24H21ClN2O5S/c1-32-22-9-4-3-6-16(22)10-13-23(28)26-18-11-12-21(20(25)15-18)27-24(29)17-7-5-8-19(14-17)33(2,30)31/h3-15H,1-2H3,(H,26,28)(H,27,29)/b13-10+. The Morgan fingerprint density at radius 3 is 2.42 bits per heavy atom. The molecule has 3 aromatic carbocycles. The molecule has 0 aliphatic rings. The van der Waals surface area contributed by atoms with Crippen LogP contribution in [0, 0.1) is 0 Å². The molecule has 0 fully saturated rings. The number of benzene rings is 3. The summed E-state index contributed by atoms with van der Waals surface area (Å²) in [5, 5.41) is 5.54. The molecule has 3 aromatic rings. The van der Waals surface area contributed by atoms with Gasteiger partial charge in [0.2, 0.25) is 5.91 Å². The SMILES string of the molecule is COc1ccccc1/C=C/C(=O)Nc1ccc(NC(=O)c2cccc(S(C)(=O)=O)c2)c(Cl)c1. The van der Waals surface area contributed by atoms with Crippen LogP contribution >= 0.6 is 11.6 Å². The molecule has 170 valence electrons. The lowest BCUT2D eigenvalue weighted by Crippen LogP contribution is -2.13. The Labute approximate surface area is 197 Å². The Balaban J connectivity index is 1.68. The molecule has 0 unspecified atom stereocenters. The number of anilines is 2. The smallest absolute Gasteiger partial charge is 0.255 e. The predicted octanol–water partition coefficient (Wildman–Crippen LogP) is 4.66. The zero-order chi connectivity index (χ0) is 24.0. The van der Waals surface area contributed by atoms with Crippen LogP contribution in [0.25, 0.3) is 6.08 Å². The van der Waals surface area contributed by atoms with E-state index in [9.17, 15) is 18.0 Å². The zero-order valence-corrected chi connectivity index (χ0v) is 19.4. The van der Waals surface area contributed by atoms with E-state index in [1.165, 1.54) is 36.4 Å². The minimum Gasteiger partial charge on any atom is -0.496 e. The summed E-state index contributed by atoms with van der Waals surface area (Å²) in [4.78, 5) is 24.8. The van der Waals surface area contributed by atoms with E-state index in [0.29, 0.717) is 17.1 Å². The number of ether oxygens (including phenoxy) is 1. The van der Waals surface area contributed by atoms with Gasteiger partial charge in [0, 0.05) is 29.1 Å². The van der Waals surface area contributed by atoms with Crippen LogP contribution in [0.2, 0.25) is 5.02 Å². The Morgan fingerprint density at radius 1 is 0.970 bits per heavy atom. The second-order valence-electron chi connectivity index (χ2n) is 7.01. The molecule has 2 amide bonds. The van der Waals surface area contributed by atoms with Crippen molar-refractivity contribution in [2.45, 2.75) is 4.90 Å². The summed E-state index contributed by atoms with van der Waals surface area (Å²) in [5.74, 6) is -0.239. The molecular weight excluding hydrogens is 464 g/mol. The lowest BCUT2D eigenvalue weighted by Gasteiger charge is -2.10. The van der Waals surface area contributed by atoms with Crippen molar-refractivity contribution in [2.75, 3.05) is 24.0 Å². The van der Waals surface area contributed by atoms with Crippen molar-refractivity contribution in [1.29, 1.82) is 0 Å². The van der Waals surface area contributed by atoms with Crippen molar-refractivity contribution >= 4 is 50.7 Å². The van der Waals surface area contributed by atoms with Crippen LogP contribution in [0.4, 0.5) is 11.4 Å². The molecule has 0 aliphatic carbocycles. The van der Waals surface area contributed by atoms with Crippen LogP contribution in [0.15, 0.2) is 77.7 Å². The number of para-hydroxylation sites is 1. The van der Waals surface area contributed by atoms with E-state index in [4.69, 9.17) is 16.3 Å². The second-order valence-corrected chi connectivity index (χ2v) is 9.44. The van der Waals surface area contributed by atoms with Gasteiger partial charge in [-0.3, -0.25) is 9.59 Å². The van der Waals surface area contributed by atoms with Crippen LogP contribution < -0.4 is 15.4 Å². The van der Waals surface area contributed by atoms with Crippen molar-refractivity contribution in [3.8, 4) is 5.75 Å². The average molecular weight is 485 g/mol. The van der Waals surface area contributed by atoms with Crippen molar-refractivity contribution < 1.29 is 22.7 Å². The van der Waals surface area contributed by atoms with Gasteiger partial charge in [0.05, 0.1) is 22.7 Å². The van der Waals surface area contributed by atoms with E-state index >= 15 is 0 Å². The second kappa shape index (κ2) is 10.3. The first-order chi connectivity index (χ1) is 15.7. The van der Waals surface area contributed by atoms with E-state index in [-0.39, 0.29) is 21.4 Å². The molecule has 0 heterocycles. The zero-order valence-electron chi connectivity index (χ0n) is 17.8. The minimum absolute atomic E-state index is 0.0421. The molecule has 0 saturated heterocycles. The van der Waals surface area contributed by atoms with Crippen molar-refractivity contribution in [1.82, 2.24) is 0 Å². The van der Waals surface area contributed by atoms with Gasteiger partial charge in [-0.15, -0.1) is 0 Å². The number of hydrogen-bond acceptors (Lipinski definition) is 5. The molecule has 2 N–H and O–H groups in total. The van der Waals surface area contributed by atoms with E-state index < -0.39 is 15.7 Å². The molecule has 0 saturated carbocycles. The topological polar surface area (TPSA) is 102 Å². The van der Waals surface area contributed by atoms with Gasteiger partial charge in [-0.05, 0) is 48.5 Å². The Hall–Kier alpha value is -3.62. The van der Waals surface area contributed by atoms with Gasteiger partial charge in [-0.1, -0.05) is 35.9 Å². The molecule has 0 bridgehead atoms. The highest BCUT2D eigenvalue weighted by atomic mass is 35.5. The summed E-state index contributed by atoms with van der Waals surface area (Å²) in [6.07, 6.45) is 4.07. The third-order valence-electron chi connectivity index (χ3n) is 4.56. The molecule has 7 nitrogen and oxygen atoms in total. The van der Waals surface area contributed by atoms with E-state index in [1.807, 2.05) is 18.2 Å². The molecule has 33 heavy (non-hydrogen) atoms. The Morgan fingerprint density at radius 2 is 1.73 bits per heavy atom. The van der Waals surface area contributed by atoms with Gasteiger partial charge < -0.3 is 15.4 Å². The fourth-order valence-corrected chi connectivity index (χ4v) is 3.80. The van der Waals surface area contributed by atoms with Gasteiger partial charge in [-0.2, -0.15) is 0 Å². The van der Waals surface area contributed by atoms with Crippen molar-refractivity contribution in [2.24, 2.45) is 0 Å². The number of carbonyl (C=O) groups excluding carboxylic acids is 2. The first kappa shape index (κ1) is 24.0. The highest BCUT2D eigenvalue weighted by molar-refractivity contribution is 7.90. The van der Waals surface area contributed by atoms with Crippen LogP contribution in [0.3, 0.4) is 0 Å². The molecule has 0 aliphatic heterocycles. The molecule has 0 aromatic heterocycles. The number of hydrogen-bond donors (Lipinski definition) is 2. The molecule has 3 rings (SSSR count). The lowest BCUT2D eigenvalue weighted by molar-refractivity contribution is -0.111. The van der Waals surface area contributed by atoms with Crippen LogP contribution in [-0.4, -0.2) is 33.6 Å². The first-order valence-electron chi connectivity index (χ1n) is 9.70.